The Bertz CT molecular complexity index is 28.5. The Morgan fingerprint density at radius 2 is 1.17 bits per heavy atom. The Labute approximate surface area is 79.5 Å². The van der Waals surface area contributed by atoms with E-state index in [1.54, 1.807) is 0 Å². The van der Waals surface area contributed by atoms with Crippen molar-refractivity contribution in [3.05, 3.63) is 25.3 Å². The third-order valence-electron chi connectivity index (χ3n) is 0.111. The number of allylic oxidation sites excluding steroid dienone is 2. The molecular formula is C4H5CeS. The van der Waals surface area contributed by atoms with Crippen molar-refractivity contribution < 1.29 is 41.7 Å². The molecule has 0 aliphatic heterocycles. The maximum absolute atomic E-state index is 4.72. The molecule has 0 atom stereocenters. The summed E-state index contributed by atoms with van der Waals surface area (Å²) in [5.74, 6) is 0. The van der Waals surface area contributed by atoms with E-state index in [1.165, 1.54) is 12.2 Å². The molecule has 6 heavy (non-hydrogen) atoms. The average molecular weight is 225 g/mol. The topological polar surface area (TPSA) is 0 Å². The molecule has 0 nitrogen and oxygen atoms in total. The van der Waals surface area contributed by atoms with Crippen molar-refractivity contribution in [3.63, 3.8) is 0 Å². The molecule has 0 spiro atoms. The first-order valence-corrected chi connectivity index (χ1v) is 1.00. The van der Waals surface area contributed by atoms with E-state index in [2.05, 4.69) is 0 Å². The number of rotatable bonds is 1. The van der Waals surface area contributed by atoms with Gasteiger partial charge in [0.2, 0.25) is 0 Å². The van der Waals surface area contributed by atoms with Crippen LogP contribution in [0, 0.1) is 54.9 Å². The van der Waals surface area contributed by atoms with E-state index in [9.17, 15) is 0 Å². The molecule has 0 bridgehead atoms. The zero-order valence-electron chi connectivity index (χ0n) is 3.26. The van der Waals surface area contributed by atoms with Gasteiger partial charge in [-0.05, 0) is 0 Å². The van der Waals surface area contributed by atoms with Crippen LogP contribution in [-0.2, 0) is 13.5 Å². The van der Waals surface area contributed by atoms with Gasteiger partial charge >= 0.3 is 41.7 Å². The summed E-state index contributed by atoms with van der Waals surface area (Å²) >= 11 is 0. The molecule has 0 saturated carbocycles. The summed E-state index contributed by atoms with van der Waals surface area (Å²) < 4.78 is 0. The Morgan fingerprint density at radius 1 is 1.00 bits per heavy atom. The molecule has 0 aliphatic carbocycles. The minimum Gasteiger partial charge on any atom is -0.813 e. The molecule has 0 aromatic rings. The van der Waals surface area contributed by atoms with Crippen LogP contribution < -0.4 is 0 Å². The summed E-state index contributed by atoms with van der Waals surface area (Å²) in [5, 5.41) is 0. The standard InChI is InChI=1S/C4H4.Ce.H2S/c1-3-4-2;;/h1-4H;;1H2/q-2;+3;/p-1. The third kappa shape index (κ3) is 18.9. The van der Waals surface area contributed by atoms with Gasteiger partial charge in [0.1, 0.15) is 0 Å². The molecule has 0 aromatic heterocycles. The monoisotopic (exact) mass is 225 g/mol. The summed E-state index contributed by atoms with van der Waals surface area (Å²) in [6, 6.07) is 0. The largest absolute Gasteiger partial charge is 3.00 e. The van der Waals surface area contributed by atoms with E-state index >= 15 is 0 Å². The Kier molecular flexibility index (Phi) is 42.8. The van der Waals surface area contributed by atoms with E-state index in [4.69, 9.17) is 13.2 Å². The van der Waals surface area contributed by atoms with Gasteiger partial charge in [-0.15, -0.1) is 0 Å². The van der Waals surface area contributed by atoms with Gasteiger partial charge in [0.15, 0.2) is 0 Å². The molecular weight excluding hydrogens is 220 g/mol. The average Bonchev–Trinajstić information content (AvgIpc) is 1.37. The van der Waals surface area contributed by atoms with Crippen molar-refractivity contribution in [3.8, 4) is 0 Å². The van der Waals surface area contributed by atoms with Crippen LogP contribution >= 0.6 is 0 Å². The van der Waals surface area contributed by atoms with Crippen LogP contribution in [0.15, 0.2) is 12.2 Å². The predicted molar refractivity (Wildman–Crippen MR) is 26.5 cm³/mol. The van der Waals surface area contributed by atoms with Crippen LogP contribution in [-0.4, -0.2) is 0 Å². The molecule has 31 valence electrons. The van der Waals surface area contributed by atoms with E-state index in [1.807, 2.05) is 0 Å². The predicted octanol–water partition coefficient (Wildman–Crippen LogP) is 0.695. The molecule has 1 radical (unpaired) electrons. The summed E-state index contributed by atoms with van der Waals surface area (Å²) in [5.41, 5.74) is 0. The SMILES string of the molecule is [CH-]=CC=[CH-].[Ce+3].[SH-]. The van der Waals surface area contributed by atoms with Gasteiger partial charge in [-0.3, -0.25) is 0 Å². The van der Waals surface area contributed by atoms with Gasteiger partial charge in [-0.25, -0.2) is 0 Å². The zero-order chi connectivity index (χ0) is 3.41. The zero-order valence-corrected chi connectivity index (χ0v) is 7.29. The van der Waals surface area contributed by atoms with Gasteiger partial charge in [-0.2, -0.15) is 0 Å². The normalized spacial score (nSPS) is 3.33. The fourth-order valence-corrected chi connectivity index (χ4v) is 0. The Morgan fingerprint density at radius 3 is 1.17 bits per heavy atom. The van der Waals surface area contributed by atoms with Crippen LogP contribution in [0.5, 0.6) is 0 Å². The fourth-order valence-electron chi connectivity index (χ4n) is 0. The molecule has 0 aromatic carbocycles. The van der Waals surface area contributed by atoms with E-state index < -0.39 is 0 Å². The molecule has 0 heterocycles. The van der Waals surface area contributed by atoms with Crippen molar-refractivity contribution >= 4 is 13.5 Å². The Balaban J connectivity index is -0.0000000450. The van der Waals surface area contributed by atoms with E-state index in [-0.39, 0.29) is 55.2 Å². The third-order valence-corrected chi connectivity index (χ3v) is 0.111. The second-order valence-corrected chi connectivity index (χ2v) is 0.385. The first kappa shape index (κ1) is 15.7. The van der Waals surface area contributed by atoms with Gasteiger partial charge in [-0.1, -0.05) is 0 Å². The number of thiol groups is 1. The maximum Gasteiger partial charge on any atom is 3.00 e. The molecule has 0 aliphatic rings. The first-order chi connectivity index (χ1) is 1.91. The minimum atomic E-state index is 0. The molecule has 0 unspecified atom stereocenters. The number of hydrogen-bond donors (Lipinski definition) is 0. The quantitative estimate of drug-likeness (QED) is 0.274. The van der Waals surface area contributed by atoms with Crippen LogP contribution in [0.2, 0.25) is 0 Å². The summed E-state index contributed by atoms with van der Waals surface area (Å²) in [7, 11) is 0. The second-order valence-electron chi connectivity index (χ2n) is 0.385. The van der Waals surface area contributed by atoms with E-state index in [0.29, 0.717) is 0 Å². The van der Waals surface area contributed by atoms with Gasteiger partial charge < -0.3 is 38.8 Å². The smallest absolute Gasteiger partial charge is 0.813 e. The molecule has 2 heteroatoms. The van der Waals surface area contributed by atoms with Crippen LogP contribution in [0.4, 0.5) is 0 Å². The number of hydrogen-bond acceptors (Lipinski definition) is 1. The van der Waals surface area contributed by atoms with Gasteiger partial charge in [0.05, 0.1) is 0 Å². The summed E-state index contributed by atoms with van der Waals surface area (Å²) in [6.07, 6.45) is 2.56. The van der Waals surface area contributed by atoms with Crippen LogP contribution in [0.3, 0.4) is 0 Å². The molecule has 0 amide bonds. The molecule has 0 rings (SSSR count). The van der Waals surface area contributed by atoms with Crippen molar-refractivity contribution in [1.82, 2.24) is 0 Å². The summed E-state index contributed by atoms with van der Waals surface area (Å²) in [6.45, 7) is 9.44. The van der Waals surface area contributed by atoms with Crippen LogP contribution in [0.1, 0.15) is 0 Å². The summed E-state index contributed by atoms with van der Waals surface area (Å²) in [4.78, 5) is 0. The van der Waals surface area contributed by atoms with Crippen molar-refractivity contribution in [2.45, 2.75) is 0 Å². The van der Waals surface area contributed by atoms with Crippen molar-refractivity contribution in [2.24, 2.45) is 0 Å². The maximum atomic E-state index is 4.72. The molecule has 0 saturated heterocycles. The Hall–Kier alpha value is 1.21. The van der Waals surface area contributed by atoms with Crippen LogP contribution in [0.25, 0.3) is 0 Å². The minimum absolute atomic E-state index is 0. The molecule has 0 N–H and O–H groups in total. The van der Waals surface area contributed by atoms with Crippen molar-refractivity contribution in [2.75, 3.05) is 0 Å². The van der Waals surface area contributed by atoms with Gasteiger partial charge in [0.25, 0.3) is 0 Å². The van der Waals surface area contributed by atoms with Gasteiger partial charge in [0, 0.05) is 0 Å². The first-order valence-electron chi connectivity index (χ1n) is 1.00. The second kappa shape index (κ2) is 16.4. The fraction of sp³-hybridized carbons (Fsp3) is 0. The molecule has 0 fully saturated rings. The van der Waals surface area contributed by atoms with Crippen molar-refractivity contribution in [1.29, 1.82) is 0 Å². The van der Waals surface area contributed by atoms with E-state index in [0.717, 1.165) is 0 Å².